The van der Waals surface area contributed by atoms with Crippen LogP contribution in [0.3, 0.4) is 0 Å². The number of hydrogen-bond acceptors (Lipinski definition) is 4. The van der Waals surface area contributed by atoms with Crippen molar-refractivity contribution >= 4 is 22.2 Å². The molecule has 0 atom stereocenters. The van der Waals surface area contributed by atoms with Gasteiger partial charge in [-0.15, -0.1) is 0 Å². The minimum Gasteiger partial charge on any atom is -0.323 e. The maximum absolute atomic E-state index is 5.61. The van der Waals surface area contributed by atoms with Crippen molar-refractivity contribution in [3.8, 4) is 0 Å². The van der Waals surface area contributed by atoms with Crippen molar-refractivity contribution in [2.45, 2.75) is 0 Å². The summed E-state index contributed by atoms with van der Waals surface area (Å²) in [5, 5.41) is 10.1. The SMILES string of the molecule is N/N=C(\C(=N/N)c1ccc2ccccc2c1)c1ccccc1. The van der Waals surface area contributed by atoms with Gasteiger partial charge in [-0.25, -0.2) is 0 Å². The molecule has 0 saturated heterocycles. The van der Waals surface area contributed by atoms with E-state index in [9.17, 15) is 0 Å². The molecule has 22 heavy (non-hydrogen) atoms. The molecule has 3 aromatic rings. The van der Waals surface area contributed by atoms with E-state index in [1.54, 1.807) is 0 Å². The zero-order chi connectivity index (χ0) is 15.4. The fraction of sp³-hybridized carbons (Fsp3) is 0. The second-order valence-electron chi connectivity index (χ2n) is 4.88. The number of fused-ring (bicyclic) bond motifs is 1. The third kappa shape index (κ3) is 2.54. The summed E-state index contributed by atoms with van der Waals surface area (Å²) in [7, 11) is 0. The van der Waals surface area contributed by atoms with Crippen molar-refractivity contribution < 1.29 is 0 Å². The Morgan fingerprint density at radius 2 is 1.18 bits per heavy atom. The highest BCUT2D eigenvalue weighted by molar-refractivity contribution is 6.53. The Balaban J connectivity index is 2.10. The summed E-state index contributed by atoms with van der Waals surface area (Å²) >= 11 is 0. The van der Waals surface area contributed by atoms with Crippen molar-refractivity contribution in [2.24, 2.45) is 21.9 Å². The predicted octanol–water partition coefficient (Wildman–Crippen LogP) is 2.87. The molecule has 0 spiro atoms. The third-order valence-electron chi connectivity index (χ3n) is 3.55. The lowest BCUT2D eigenvalue weighted by Gasteiger charge is -2.09. The highest BCUT2D eigenvalue weighted by Crippen LogP contribution is 2.17. The molecule has 0 fully saturated rings. The van der Waals surface area contributed by atoms with Crippen LogP contribution in [0.15, 0.2) is 83.0 Å². The van der Waals surface area contributed by atoms with Crippen molar-refractivity contribution in [3.63, 3.8) is 0 Å². The molecule has 0 radical (unpaired) electrons. The van der Waals surface area contributed by atoms with Crippen LogP contribution in [0.1, 0.15) is 11.1 Å². The quantitative estimate of drug-likeness (QED) is 0.441. The number of hydrogen-bond donors (Lipinski definition) is 2. The van der Waals surface area contributed by atoms with Crippen molar-refractivity contribution in [1.29, 1.82) is 0 Å². The van der Waals surface area contributed by atoms with Gasteiger partial charge < -0.3 is 11.7 Å². The van der Waals surface area contributed by atoms with Gasteiger partial charge in [0.05, 0.1) is 0 Å². The maximum Gasteiger partial charge on any atom is 0.118 e. The summed E-state index contributed by atoms with van der Waals surface area (Å²) in [5.74, 6) is 11.2. The second kappa shape index (κ2) is 6.10. The first-order valence-corrected chi connectivity index (χ1v) is 6.94. The van der Waals surface area contributed by atoms with E-state index in [-0.39, 0.29) is 0 Å². The van der Waals surface area contributed by atoms with E-state index < -0.39 is 0 Å². The Labute approximate surface area is 128 Å². The molecule has 4 heteroatoms. The average molecular weight is 288 g/mol. The van der Waals surface area contributed by atoms with Gasteiger partial charge in [-0.05, 0) is 16.8 Å². The minimum atomic E-state index is 0.568. The number of nitrogens with two attached hydrogens (primary N) is 2. The lowest BCUT2D eigenvalue weighted by Crippen LogP contribution is -2.20. The minimum absolute atomic E-state index is 0.568. The van der Waals surface area contributed by atoms with Gasteiger partial charge in [0.25, 0.3) is 0 Å². The zero-order valence-corrected chi connectivity index (χ0v) is 12.0. The van der Waals surface area contributed by atoms with Crippen LogP contribution in [-0.2, 0) is 0 Å². The van der Waals surface area contributed by atoms with Crippen LogP contribution in [0.25, 0.3) is 10.8 Å². The van der Waals surface area contributed by atoms with Gasteiger partial charge in [0, 0.05) is 11.1 Å². The van der Waals surface area contributed by atoms with Crippen molar-refractivity contribution in [2.75, 3.05) is 0 Å². The van der Waals surface area contributed by atoms with Crippen LogP contribution >= 0.6 is 0 Å². The Kier molecular flexibility index (Phi) is 3.83. The van der Waals surface area contributed by atoms with Crippen LogP contribution in [-0.4, -0.2) is 11.4 Å². The first kappa shape index (κ1) is 13.8. The molecule has 0 amide bonds. The summed E-state index contributed by atoms with van der Waals surface area (Å²) in [6.07, 6.45) is 0. The van der Waals surface area contributed by atoms with Crippen LogP contribution < -0.4 is 11.7 Å². The van der Waals surface area contributed by atoms with Crippen molar-refractivity contribution in [1.82, 2.24) is 0 Å². The Morgan fingerprint density at radius 3 is 1.86 bits per heavy atom. The van der Waals surface area contributed by atoms with E-state index in [0.29, 0.717) is 11.4 Å². The average Bonchev–Trinajstić information content (AvgIpc) is 2.60. The van der Waals surface area contributed by atoms with Gasteiger partial charge in [0.1, 0.15) is 11.4 Å². The lowest BCUT2D eigenvalue weighted by atomic mass is 9.97. The molecular formula is C18H16N4. The lowest BCUT2D eigenvalue weighted by molar-refractivity contribution is 1.23. The number of hydrazone groups is 2. The second-order valence-corrected chi connectivity index (χ2v) is 4.88. The van der Waals surface area contributed by atoms with Gasteiger partial charge in [-0.3, -0.25) is 0 Å². The van der Waals surface area contributed by atoms with E-state index in [1.165, 1.54) is 0 Å². The molecule has 3 aromatic carbocycles. The number of nitrogens with zero attached hydrogens (tertiary/aromatic N) is 2. The molecule has 4 nitrogen and oxygen atoms in total. The van der Waals surface area contributed by atoms with Gasteiger partial charge >= 0.3 is 0 Å². The molecule has 3 rings (SSSR count). The largest absolute Gasteiger partial charge is 0.323 e. The molecule has 108 valence electrons. The smallest absolute Gasteiger partial charge is 0.118 e. The number of rotatable bonds is 3. The molecule has 0 aliphatic carbocycles. The van der Waals surface area contributed by atoms with Gasteiger partial charge in [-0.1, -0.05) is 66.7 Å². The van der Waals surface area contributed by atoms with Crippen LogP contribution in [0.5, 0.6) is 0 Å². The molecule has 0 heterocycles. The van der Waals surface area contributed by atoms with Crippen LogP contribution in [0.2, 0.25) is 0 Å². The molecule has 0 unspecified atom stereocenters. The summed E-state index contributed by atoms with van der Waals surface area (Å²) in [6.45, 7) is 0. The van der Waals surface area contributed by atoms with Crippen LogP contribution in [0.4, 0.5) is 0 Å². The first-order chi connectivity index (χ1) is 10.8. The predicted molar refractivity (Wildman–Crippen MR) is 91.8 cm³/mol. The van der Waals surface area contributed by atoms with E-state index in [4.69, 9.17) is 11.7 Å². The fourth-order valence-electron chi connectivity index (χ4n) is 2.48. The topological polar surface area (TPSA) is 76.8 Å². The monoisotopic (exact) mass is 288 g/mol. The summed E-state index contributed by atoms with van der Waals surface area (Å²) in [5.41, 5.74) is 2.90. The molecule has 0 aliphatic heterocycles. The van der Waals surface area contributed by atoms with E-state index in [0.717, 1.165) is 21.9 Å². The molecule has 0 bridgehead atoms. The Morgan fingerprint density at radius 1 is 0.591 bits per heavy atom. The maximum atomic E-state index is 5.61. The fourth-order valence-corrected chi connectivity index (χ4v) is 2.48. The summed E-state index contributed by atoms with van der Waals surface area (Å²) in [4.78, 5) is 0. The summed E-state index contributed by atoms with van der Waals surface area (Å²) in [6, 6.07) is 23.8. The summed E-state index contributed by atoms with van der Waals surface area (Å²) < 4.78 is 0. The molecule has 0 aromatic heterocycles. The Bertz CT molecular complexity index is 851. The van der Waals surface area contributed by atoms with Crippen LogP contribution in [0, 0.1) is 0 Å². The normalized spacial score (nSPS) is 12.5. The zero-order valence-electron chi connectivity index (χ0n) is 12.0. The third-order valence-corrected chi connectivity index (χ3v) is 3.55. The molecule has 4 N–H and O–H groups in total. The van der Waals surface area contributed by atoms with Gasteiger partial charge in [-0.2, -0.15) is 10.2 Å². The van der Waals surface area contributed by atoms with E-state index in [2.05, 4.69) is 22.3 Å². The van der Waals surface area contributed by atoms with Crippen molar-refractivity contribution in [3.05, 3.63) is 83.9 Å². The number of benzene rings is 3. The standard InChI is InChI=1S/C18H16N4/c19-21-17(14-7-2-1-3-8-14)18(22-20)16-11-10-13-6-4-5-9-15(13)12-16/h1-12H,19-20H2/b21-17-,22-18-. The highest BCUT2D eigenvalue weighted by atomic mass is 15.2. The van der Waals surface area contributed by atoms with Gasteiger partial charge in [0.2, 0.25) is 0 Å². The van der Waals surface area contributed by atoms with Gasteiger partial charge in [0.15, 0.2) is 0 Å². The molecule has 0 saturated carbocycles. The van der Waals surface area contributed by atoms with E-state index >= 15 is 0 Å². The molecular weight excluding hydrogens is 272 g/mol. The van der Waals surface area contributed by atoms with E-state index in [1.807, 2.05) is 60.7 Å². The Hall–Kier alpha value is -3.14. The first-order valence-electron chi connectivity index (χ1n) is 6.94. The molecule has 0 aliphatic rings. The highest BCUT2D eigenvalue weighted by Gasteiger charge is 2.14.